The predicted octanol–water partition coefficient (Wildman–Crippen LogP) is 4.90. The number of aliphatic hydroxyl groups is 1. The molecule has 1 amide bonds. The number of carbonyl (C=O) groups excluding carboxylic acids is 2. The third-order valence-electron chi connectivity index (χ3n) is 6.09. The van der Waals surface area contributed by atoms with Crippen LogP contribution in [0.25, 0.3) is 5.76 Å². The smallest absolute Gasteiger partial charge is 0.295 e. The second-order valence-electron chi connectivity index (χ2n) is 8.10. The Labute approximate surface area is 211 Å². The van der Waals surface area contributed by atoms with Gasteiger partial charge in [0.2, 0.25) is 0 Å². The number of Topliss-reactive ketones (excluding diaryl/α,β-unsaturated/α-hetero) is 1. The van der Waals surface area contributed by atoms with Gasteiger partial charge in [-0.1, -0.05) is 31.5 Å². The number of amides is 1. The van der Waals surface area contributed by atoms with E-state index in [2.05, 4.69) is 18.7 Å². The number of benzene rings is 2. The second kappa shape index (κ2) is 12.1. The highest BCUT2D eigenvalue weighted by Gasteiger charge is 2.46. The van der Waals surface area contributed by atoms with E-state index in [1.807, 2.05) is 19.9 Å². The van der Waals surface area contributed by atoms with Crippen molar-refractivity contribution in [3.05, 3.63) is 64.2 Å². The molecule has 3 rings (SSSR count). The average molecular weight is 501 g/mol. The highest BCUT2D eigenvalue weighted by Crippen LogP contribution is 2.42. The van der Waals surface area contributed by atoms with Crippen LogP contribution in [0.1, 0.15) is 44.9 Å². The Kier molecular flexibility index (Phi) is 9.18. The molecular weight excluding hydrogens is 468 g/mol. The van der Waals surface area contributed by atoms with Crippen LogP contribution < -0.4 is 9.47 Å². The minimum absolute atomic E-state index is 0.0449. The number of nitrogens with zero attached hydrogens (tertiary/aromatic N) is 2. The molecule has 0 aromatic heterocycles. The van der Waals surface area contributed by atoms with Crippen molar-refractivity contribution in [2.75, 3.05) is 39.4 Å². The molecule has 188 valence electrons. The fourth-order valence-corrected chi connectivity index (χ4v) is 4.37. The highest BCUT2D eigenvalue weighted by atomic mass is 35.5. The van der Waals surface area contributed by atoms with E-state index >= 15 is 0 Å². The Morgan fingerprint density at radius 3 is 2.20 bits per heavy atom. The summed E-state index contributed by atoms with van der Waals surface area (Å²) in [5.74, 6) is -0.482. The lowest BCUT2D eigenvalue weighted by Crippen LogP contribution is -2.38. The average Bonchev–Trinajstić information content (AvgIpc) is 3.11. The van der Waals surface area contributed by atoms with Gasteiger partial charge >= 0.3 is 0 Å². The number of likely N-dealkylation sites (N-methyl/N-ethyl adjacent to an activating group) is 1. The summed E-state index contributed by atoms with van der Waals surface area (Å²) >= 11 is 6.00. The third kappa shape index (κ3) is 5.80. The molecule has 1 heterocycles. The number of ether oxygens (including phenoxy) is 2. The maximum absolute atomic E-state index is 13.2. The molecule has 1 aliphatic rings. The van der Waals surface area contributed by atoms with Crippen LogP contribution in [-0.4, -0.2) is 66.0 Å². The number of halogens is 1. The molecule has 0 saturated carbocycles. The molecule has 1 fully saturated rings. The number of carbonyl (C=O) groups is 2. The van der Waals surface area contributed by atoms with Crippen molar-refractivity contribution in [1.29, 1.82) is 0 Å². The third-order valence-corrected chi connectivity index (χ3v) is 6.34. The van der Waals surface area contributed by atoms with Crippen LogP contribution in [0.4, 0.5) is 0 Å². The van der Waals surface area contributed by atoms with Gasteiger partial charge in [0.1, 0.15) is 5.76 Å². The van der Waals surface area contributed by atoms with Gasteiger partial charge in [-0.05, 0) is 68.9 Å². The number of hydrogen-bond donors (Lipinski definition) is 1. The maximum atomic E-state index is 13.2. The maximum Gasteiger partial charge on any atom is 0.295 e. The van der Waals surface area contributed by atoms with Crippen molar-refractivity contribution in [3.63, 3.8) is 0 Å². The largest absolute Gasteiger partial charge is 0.507 e. The first kappa shape index (κ1) is 26.6. The number of hydrogen-bond acceptors (Lipinski definition) is 6. The second-order valence-corrected chi connectivity index (χ2v) is 8.53. The van der Waals surface area contributed by atoms with Gasteiger partial charge in [-0.2, -0.15) is 0 Å². The molecule has 0 unspecified atom stereocenters. The topological polar surface area (TPSA) is 79.3 Å². The Morgan fingerprint density at radius 2 is 1.60 bits per heavy atom. The SMILES string of the molecule is CCOc1ccc([C@H]2C(=C(O)c3ccc(Cl)cc3)C(=O)C(=O)N2CCN(CC)CC)cc1OCC. The van der Waals surface area contributed by atoms with Gasteiger partial charge in [0.15, 0.2) is 11.5 Å². The number of ketones is 1. The van der Waals surface area contributed by atoms with Crippen molar-refractivity contribution in [3.8, 4) is 11.5 Å². The van der Waals surface area contributed by atoms with Gasteiger partial charge in [-0.15, -0.1) is 0 Å². The zero-order valence-electron chi connectivity index (χ0n) is 20.7. The number of aliphatic hydroxyl groups excluding tert-OH is 1. The minimum atomic E-state index is -0.767. The Bertz CT molecular complexity index is 1080. The lowest BCUT2D eigenvalue weighted by atomic mass is 9.95. The molecule has 1 saturated heterocycles. The van der Waals surface area contributed by atoms with Crippen molar-refractivity contribution >= 4 is 29.1 Å². The molecule has 0 aliphatic carbocycles. The molecule has 1 aliphatic heterocycles. The van der Waals surface area contributed by atoms with Gasteiger partial charge in [0, 0.05) is 23.7 Å². The van der Waals surface area contributed by atoms with E-state index in [1.165, 1.54) is 4.90 Å². The highest BCUT2D eigenvalue weighted by molar-refractivity contribution is 6.46. The molecule has 35 heavy (non-hydrogen) atoms. The lowest BCUT2D eigenvalue weighted by Gasteiger charge is -2.28. The van der Waals surface area contributed by atoms with Crippen LogP contribution in [0.2, 0.25) is 5.02 Å². The van der Waals surface area contributed by atoms with Gasteiger partial charge in [-0.3, -0.25) is 9.59 Å². The van der Waals surface area contributed by atoms with Crippen molar-refractivity contribution in [1.82, 2.24) is 9.80 Å². The summed E-state index contributed by atoms with van der Waals surface area (Å²) in [6.45, 7) is 11.4. The van der Waals surface area contributed by atoms with Crippen molar-refractivity contribution < 1.29 is 24.2 Å². The van der Waals surface area contributed by atoms with E-state index < -0.39 is 17.7 Å². The molecular formula is C27H33ClN2O5. The van der Waals surface area contributed by atoms with Crippen LogP contribution in [0.5, 0.6) is 11.5 Å². The summed E-state index contributed by atoms with van der Waals surface area (Å²) < 4.78 is 11.5. The Hall–Kier alpha value is -3.03. The van der Waals surface area contributed by atoms with Crippen LogP contribution in [0.3, 0.4) is 0 Å². The van der Waals surface area contributed by atoms with Crippen LogP contribution in [-0.2, 0) is 9.59 Å². The van der Waals surface area contributed by atoms with Gasteiger partial charge in [0.05, 0.1) is 24.8 Å². The van der Waals surface area contributed by atoms with Gasteiger partial charge < -0.3 is 24.4 Å². The van der Waals surface area contributed by atoms with Gasteiger partial charge in [0.25, 0.3) is 11.7 Å². The first-order valence-electron chi connectivity index (χ1n) is 12.0. The fraction of sp³-hybridized carbons (Fsp3) is 0.407. The summed E-state index contributed by atoms with van der Waals surface area (Å²) in [6.07, 6.45) is 0. The van der Waals surface area contributed by atoms with Crippen molar-refractivity contribution in [2.45, 2.75) is 33.7 Å². The first-order valence-corrected chi connectivity index (χ1v) is 12.4. The summed E-state index contributed by atoms with van der Waals surface area (Å²) in [5.41, 5.74) is 1.12. The van der Waals surface area contributed by atoms with E-state index in [0.717, 1.165) is 13.1 Å². The standard InChI is InChI=1S/C27H33ClN2O5/c1-5-29(6-2)15-16-30-24(19-11-14-21(34-7-3)22(17-19)35-8-4)23(26(32)27(30)33)25(31)18-9-12-20(28)13-10-18/h9-14,17,24,31H,5-8,15-16H2,1-4H3/t24-/m0/s1. The zero-order valence-corrected chi connectivity index (χ0v) is 21.5. The molecule has 0 spiro atoms. The van der Waals surface area contributed by atoms with Gasteiger partial charge in [-0.25, -0.2) is 0 Å². The molecule has 0 bridgehead atoms. The summed E-state index contributed by atoms with van der Waals surface area (Å²) in [4.78, 5) is 30.1. The molecule has 7 nitrogen and oxygen atoms in total. The Balaban J connectivity index is 2.14. The zero-order chi connectivity index (χ0) is 25.5. The predicted molar refractivity (Wildman–Crippen MR) is 137 cm³/mol. The van der Waals surface area contributed by atoms with E-state index in [4.69, 9.17) is 21.1 Å². The normalized spacial score (nSPS) is 17.3. The summed E-state index contributed by atoms with van der Waals surface area (Å²) in [6, 6.07) is 11.1. The molecule has 2 aromatic rings. The van der Waals surface area contributed by atoms with E-state index in [9.17, 15) is 14.7 Å². The summed E-state index contributed by atoms with van der Waals surface area (Å²) in [5, 5.41) is 11.7. The van der Waals surface area contributed by atoms with E-state index in [1.54, 1.807) is 36.4 Å². The monoisotopic (exact) mass is 500 g/mol. The van der Waals surface area contributed by atoms with Crippen LogP contribution in [0, 0.1) is 0 Å². The Morgan fingerprint density at radius 1 is 0.971 bits per heavy atom. The first-order chi connectivity index (χ1) is 16.9. The molecule has 1 atom stereocenters. The molecule has 2 aromatic carbocycles. The molecule has 0 radical (unpaired) electrons. The van der Waals surface area contributed by atoms with Crippen LogP contribution >= 0.6 is 11.6 Å². The van der Waals surface area contributed by atoms with Crippen LogP contribution in [0.15, 0.2) is 48.0 Å². The number of likely N-dealkylation sites (tertiary alicyclic amines) is 1. The quantitative estimate of drug-likeness (QED) is 0.268. The lowest BCUT2D eigenvalue weighted by molar-refractivity contribution is -0.140. The minimum Gasteiger partial charge on any atom is -0.507 e. The van der Waals surface area contributed by atoms with E-state index in [0.29, 0.717) is 54.0 Å². The van der Waals surface area contributed by atoms with Crippen molar-refractivity contribution in [2.24, 2.45) is 0 Å². The number of rotatable bonds is 11. The molecule has 1 N–H and O–H groups in total. The summed E-state index contributed by atoms with van der Waals surface area (Å²) in [7, 11) is 0. The van der Waals surface area contributed by atoms with E-state index in [-0.39, 0.29) is 11.3 Å². The fourth-order valence-electron chi connectivity index (χ4n) is 4.25. The molecule has 8 heteroatoms.